The van der Waals surface area contributed by atoms with Gasteiger partial charge in [0, 0.05) is 63.5 Å². The fourth-order valence-corrected chi connectivity index (χ4v) is 12.2. The van der Waals surface area contributed by atoms with Crippen LogP contribution >= 0.6 is 11.6 Å². The minimum Gasteiger partial charge on any atom is -0.474 e. The standard InChI is InChI=1S/C25H33FN4O5S.C24H31FN4O5S.C4H7ClO2/c1-16-22(29-21-9-8-19(14-20(21)26)36(32,33)18-6-5-7-18)27-15-28-23(16)34-17-10-12-30(13-11-17)24(31)35-25(2,3)4;1-15(2)33-24(30)29-11-9-17(10-12-29)34-23-16(3)22(26-14-27-23)28-21-8-7-19(13-20(21)25)35(31,32)18-5-4-6-18;1-3(2)7-4(5)6/h8-9,14-15,17-18H,5-7,10-13H2,1-4H3,(H,27,28,29);7-8,13-15,17-18H,4-6,9-12H2,1-3H3,(H,26,27,28);3H,1-2H3. The highest BCUT2D eigenvalue weighted by atomic mass is 35.5. The number of rotatable bonds is 14. The number of carbonyl (C=O) groups is 3. The zero-order chi connectivity index (χ0) is 57.1. The molecule has 0 unspecified atom stereocenters. The molecular formula is C53H71ClF2N8O12S2. The lowest BCUT2D eigenvalue weighted by atomic mass is 10.00. The number of ether oxygens (including phenoxy) is 5. The summed E-state index contributed by atoms with van der Waals surface area (Å²) in [6, 6.07) is 7.78. The Morgan fingerprint density at radius 1 is 0.615 bits per heavy atom. The van der Waals surface area contributed by atoms with Crippen LogP contribution in [0.4, 0.5) is 46.2 Å². The molecule has 2 N–H and O–H groups in total. The number of aromatic nitrogens is 4. The molecule has 8 rings (SSSR count). The average Bonchev–Trinajstić information content (AvgIpc) is 3.35. The highest BCUT2D eigenvalue weighted by molar-refractivity contribution is 7.92. The molecule has 2 saturated heterocycles. The SMILES string of the molecule is CC(C)OC(=O)Cl.Cc1c(Nc2ccc(S(=O)(=O)C3CCC3)cc2F)ncnc1OC1CCN(C(=O)OC(C)(C)C)CC1.Cc1c(Nc2ccc(S(=O)(=O)C3CCC3)cc2F)ncnc1OC1CCN(C(=O)OC(C)C)CC1. The monoisotopic (exact) mass is 1150 g/mol. The minimum atomic E-state index is -3.51. The van der Waals surface area contributed by atoms with Crippen LogP contribution in [0.15, 0.2) is 58.8 Å². The molecule has 20 nitrogen and oxygen atoms in total. The number of nitrogens with zero attached hydrogens (tertiary/aromatic N) is 6. The van der Waals surface area contributed by atoms with E-state index in [1.165, 1.54) is 36.9 Å². The van der Waals surface area contributed by atoms with Crippen molar-refractivity contribution < 1.29 is 63.7 Å². The van der Waals surface area contributed by atoms with E-state index in [9.17, 15) is 40.0 Å². The number of hydrogen-bond donors (Lipinski definition) is 2. The lowest BCUT2D eigenvalue weighted by Crippen LogP contribution is -2.44. The van der Waals surface area contributed by atoms with Crippen LogP contribution in [0.1, 0.15) is 124 Å². The summed E-state index contributed by atoms with van der Waals surface area (Å²) in [5, 5.41) is 5.01. The lowest BCUT2D eigenvalue weighted by Gasteiger charge is -2.33. The number of carbonyl (C=O) groups excluding carboxylic acids is 3. The zero-order valence-corrected chi connectivity index (χ0v) is 47.9. The van der Waals surface area contributed by atoms with Crippen molar-refractivity contribution in [2.24, 2.45) is 0 Å². The highest BCUT2D eigenvalue weighted by Crippen LogP contribution is 2.36. The summed E-state index contributed by atoms with van der Waals surface area (Å²) in [7, 11) is -7.02. The van der Waals surface area contributed by atoms with Gasteiger partial charge in [-0.25, -0.2) is 59.9 Å². The van der Waals surface area contributed by atoms with Crippen LogP contribution < -0.4 is 20.1 Å². The first-order chi connectivity index (χ1) is 36.7. The maximum Gasteiger partial charge on any atom is 0.410 e. The highest BCUT2D eigenvalue weighted by Gasteiger charge is 2.35. The van der Waals surface area contributed by atoms with Gasteiger partial charge in [-0.2, -0.15) is 0 Å². The molecule has 0 bridgehead atoms. The van der Waals surface area contributed by atoms with Gasteiger partial charge in [0.2, 0.25) is 11.8 Å². The quantitative estimate of drug-likeness (QED) is 0.0880. The lowest BCUT2D eigenvalue weighted by molar-refractivity contribution is 0.0122. The van der Waals surface area contributed by atoms with Crippen LogP contribution in [-0.4, -0.2) is 131 Å². The van der Waals surface area contributed by atoms with E-state index >= 15 is 0 Å². The summed E-state index contributed by atoms with van der Waals surface area (Å²) in [6.45, 7) is 18.2. The van der Waals surface area contributed by atoms with E-state index in [1.54, 1.807) is 37.5 Å². The third kappa shape index (κ3) is 16.7. The van der Waals surface area contributed by atoms with Gasteiger partial charge in [-0.3, -0.25) is 0 Å². The minimum absolute atomic E-state index is 0.00250. The Bertz CT molecular complexity index is 2960. The van der Waals surface area contributed by atoms with Crippen molar-refractivity contribution in [1.82, 2.24) is 29.7 Å². The maximum absolute atomic E-state index is 14.8. The van der Waals surface area contributed by atoms with E-state index in [4.69, 9.17) is 30.5 Å². The van der Waals surface area contributed by atoms with Crippen LogP contribution in [0.25, 0.3) is 0 Å². The number of piperidine rings is 2. The summed E-state index contributed by atoms with van der Waals surface area (Å²) in [6.07, 6.45) is 8.19. The van der Waals surface area contributed by atoms with Crippen LogP contribution in [0.5, 0.6) is 11.8 Å². The number of benzene rings is 2. The van der Waals surface area contributed by atoms with Crippen molar-refractivity contribution in [1.29, 1.82) is 0 Å². The van der Waals surface area contributed by atoms with Crippen molar-refractivity contribution >= 4 is 71.9 Å². The summed E-state index contributed by atoms with van der Waals surface area (Å²) in [5.41, 5.74) is 0.131. The van der Waals surface area contributed by atoms with Crippen LogP contribution in [-0.2, 0) is 33.9 Å². The van der Waals surface area contributed by atoms with Crippen molar-refractivity contribution in [3.8, 4) is 11.8 Å². The van der Waals surface area contributed by atoms with E-state index in [0.717, 1.165) is 25.0 Å². The van der Waals surface area contributed by atoms with E-state index < -0.39 is 52.8 Å². The largest absolute Gasteiger partial charge is 0.474 e. The van der Waals surface area contributed by atoms with Crippen molar-refractivity contribution in [3.63, 3.8) is 0 Å². The predicted molar refractivity (Wildman–Crippen MR) is 288 cm³/mol. The van der Waals surface area contributed by atoms with Crippen molar-refractivity contribution in [3.05, 3.63) is 71.8 Å². The molecule has 428 valence electrons. The molecule has 2 aliphatic carbocycles. The molecule has 4 heterocycles. The van der Waals surface area contributed by atoms with Crippen molar-refractivity contribution in [2.45, 2.75) is 177 Å². The average molecular weight is 1150 g/mol. The molecule has 4 aliphatic rings. The number of anilines is 4. The van der Waals surface area contributed by atoms with Crippen molar-refractivity contribution in [2.75, 3.05) is 36.8 Å². The first-order valence-electron chi connectivity index (χ1n) is 26.1. The Balaban J connectivity index is 0.000000225. The van der Waals surface area contributed by atoms with Crippen LogP contribution in [0.2, 0.25) is 0 Å². The van der Waals surface area contributed by atoms with Gasteiger partial charge in [0.15, 0.2) is 19.7 Å². The topological polar surface area (TPSA) is 248 Å². The number of hydrogen-bond acceptors (Lipinski definition) is 18. The second kappa shape index (κ2) is 26.7. The molecule has 25 heteroatoms. The Hall–Kier alpha value is -6.14. The smallest absolute Gasteiger partial charge is 0.410 e. The normalized spacial score (nSPS) is 16.6. The first-order valence-corrected chi connectivity index (χ1v) is 29.6. The molecular weight excluding hydrogens is 1080 g/mol. The van der Waals surface area contributed by atoms with Gasteiger partial charge in [0.05, 0.1) is 55.0 Å². The molecule has 0 spiro atoms. The third-order valence-electron chi connectivity index (χ3n) is 13.1. The van der Waals surface area contributed by atoms with Crippen LogP contribution in [0, 0.1) is 25.5 Å². The molecule has 2 aliphatic heterocycles. The third-order valence-corrected chi connectivity index (χ3v) is 17.7. The maximum atomic E-state index is 14.8. The molecule has 2 saturated carbocycles. The van der Waals surface area contributed by atoms with E-state index in [1.807, 2.05) is 34.6 Å². The van der Waals surface area contributed by atoms with Crippen LogP contribution in [0.3, 0.4) is 0 Å². The van der Waals surface area contributed by atoms with Gasteiger partial charge in [0.25, 0.3) is 0 Å². The molecule has 4 fully saturated rings. The summed E-state index contributed by atoms with van der Waals surface area (Å²) >= 11 is 4.81. The Morgan fingerprint density at radius 2 is 1.00 bits per heavy atom. The van der Waals surface area contributed by atoms with E-state index in [2.05, 4.69) is 35.3 Å². The Morgan fingerprint density at radius 3 is 1.31 bits per heavy atom. The molecule has 0 atom stereocenters. The van der Waals surface area contributed by atoms with Gasteiger partial charge in [-0.15, -0.1) is 0 Å². The Labute approximate surface area is 460 Å². The number of amides is 2. The molecule has 2 amide bonds. The summed E-state index contributed by atoms with van der Waals surface area (Å²) in [5.74, 6) is 0.112. The number of sulfone groups is 2. The molecule has 2 aromatic heterocycles. The van der Waals surface area contributed by atoms with Gasteiger partial charge in [0.1, 0.15) is 53.7 Å². The van der Waals surface area contributed by atoms with E-state index in [-0.39, 0.29) is 57.8 Å². The number of likely N-dealkylation sites (tertiary alicyclic amines) is 2. The molecule has 0 radical (unpaired) electrons. The van der Waals surface area contributed by atoms with Gasteiger partial charge < -0.3 is 44.1 Å². The van der Waals surface area contributed by atoms with Gasteiger partial charge in [-0.05, 0) is 124 Å². The fourth-order valence-electron chi connectivity index (χ4n) is 8.32. The molecule has 4 aromatic rings. The second-order valence-corrected chi connectivity index (χ2v) is 25.7. The van der Waals surface area contributed by atoms with E-state index in [0.29, 0.717) is 112 Å². The summed E-state index contributed by atoms with van der Waals surface area (Å²) < 4.78 is 107. The molecule has 2 aromatic carbocycles. The predicted octanol–water partition coefficient (Wildman–Crippen LogP) is 10.9. The number of nitrogens with one attached hydrogen (secondary N) is 2. The fraction of sp³-hybridized carbons (Fsp3) is 0.566. The first kappa shape index (κ1) is 61.1. The van der Waals surface area contributed by atoms with Gasteiger partial charge in [-0.1, -0.05) is 12.8 Å². The zero-order valence-electron chi connectivity index (χ0n) is 45.5. The summed E-state index contributed by atoms with van der Waals surface area (Å²) in [4.78, 5) is 54.3. The Kier molecular flexibility index (Phi) is 20.9. The van der Waals surface area contributed by atoms with Gasteiger partial charge >= 0.3 is 17.6 Å². The number of halogens is 3. The second-order valence-electron chi connectivity index (χ2n) is 21.0. The molecule has 78 heavy (non-hydrogen) atoms.